The van der Waals surface area contributed by atoms with Crippen LogP contribution in [0.5, 0.6) is 0 Å². The van der Waals surface area contributed by atoms with Gasteiger partial charge >= 0.3 is 0 Å². The van der Waals surface area contributed by atoms with Gasteiger partial charge in [-0.25, -0.2) is 0 Å². The van der Waals surface area contributed by atoms with Crippen molar-refractivity contribution < 1.29 is 33.2 Å². The fourth-order valence-corrected chi connectivity index (χ4v) is 4.25. The van der Waals surface area contributed by atoms with E-state index in [0.717, 1.165) is 91.4 Å². The van der Waals surface area contributed by atoms with Crippen LogP contribution in [0, 0.1) is 0 Å². The summed E-state index contributed by atoms with van der Waals surface area (Å²) in [6.45, 7) is 14.0. The van der Waals surface area contributed by atoms with Gasteiger partial charge in [0.1, 0.15) is 0 Å². The van der Waals surface area contributed by atoms with E-state index in [9.17, 15) is 0 Å². The first-order valence-electron chi connectivity index (χ1n) is 13.0. The highest BCUT2D eigenvalue weighted by molar-refractivity contribution is 4.67. The molecule has 0 aliphatic carbocycles. The topological polar surface area (TPSA) is 71.1 Å². The van der Waals surface area contributed by atoms with Gasteiger partial charge in [-0.1, -0.05) is 0 Å². The molecule has 0 bridgehead atoms. The molecule has 194 valence electrons. The van der Waals surface area contributed by atoms with Crippen molar-refractivity contribution in [3.63, 3.8) is 0 Å². The molecule has 2 atom stereocenters. The van der Waals surface area contributed by atoms with Crippen LogP contribution < -0.4 is 0 Å². The molecule has 0 aromatic carbocycles. The molecule has 0 radical (unpaired) electrons. The lowest BCUT2D eigenvalue weighted by atomic mass is 10.2. The van der Waals surface area contributed by atoms with Crippen LogP contribution in [0.3, 0.4) is 0 Å². The van der Waals surface area contributed by atoms with E-state index in [4.69, 9.17) is 33.2 Å². The minimum absolute atomic E-state index is 0.279. The minimum Gasteiger partial charge on any atom is -0.378 e. The summed E-state index contributed by atoms with van der Waals surface area (Å²) in [5.41, 5.74) is 0. The molecule has 2 unspecified atom stereocenters. The van der Waals surface area contributed by atoms with Crippen molar-refractivity contribution in [2.75, 3.05) is 119 Å². The number of hydrogen-bond acceptors (Lipinski definition) is 9. The molecule has 9 heteroatoms. The minimum atomic E-state index is 0.279. The lowest BCUT2D eigenvalue weighted by Crippen LogP contribution is -2.41. The maximum atomic E-state index is 5.91. The molecule has 0 aromatic rings. The van der Waals surface area contributed by atoms with Crippen molar-refractivity contribution in [1.29, 1.82) is 0 Å². The number of hydrogen-bond donors (Lipinski definition) is 0. The third-order valence-electron chi connectivity index (χ3n) is 6.34. The van der Waals surface area contributed by atoms with E-state index in [2.05, 4.69) is 9.80 Å². The third kappa shape index (κ3) is 12.8. The van der Waals surface area contributed by atoms with Crippen LogP contribution in [0.4, 0.5) is 0 Å². The molecule has 33 heavy (non-hydrogen) atoms. The Hall–Kier alpha value is -0.360. The van der Waals surface area contributed by atoms with Gasteiger partial charge < -0.3 is 33.2 Å². The smallest absolute Gasteiger partial charge is 0.0809 e. The van der Waals surface area contributed by atoms with Gasteiger partial charge in [-0.05, 0) is 25.7 Å². The third-order valence-corrected chi connectivity index (χ3v) is 6.34. The SMILES string of the molecule is C1COC(COCCN2CCOCCOCCOCCN(CCOCC3CCCO3)CC2)C1. The quantitative estimate of drug-likeness (QED) is 0.432. The summed E-state index contributed by atoms with van der Waals surface area (Å²) in [5.74, 6) is 0. The Morgan fingerprint density at radius 3 is 1.42 bits per heavy atom. The zero-order chi connectivity index (χ0) is 22.8. The first kappa shape index (κ1) is 27.2. The molecule has 0 saturated carbocycles. The zero-order valence-electron chi connectivity index (χ0n) is 20.5. The summed E-state index contributed by atoms with van der Waals surface area (Å²) in [6, 6.07) is 0. The number of ether oxygens (including phenoxy) is 7. The Morgan fingerprint density at radius 2 is 1.00 bits per heavy atom. The maximum Gasteiger partial charge on any atom is 0.0809 e. The van der Waals surface area contributed by atoms with Crippen LogP contribution in [0.2, 0.25) is 0 Å². The monoisotopic (exact) mass is 474 g/mol. The number of rotatable bonds is 10. The largest absolute Gasteiger partial charge is 0.378 e. The van der Waals surface area contributed by atoms with E-state index in [-0.39, 0.29) is 12.2 Å². The van der Waals surface area contributed by atoms with Crippen molar-refractivity contribution in [3.8, 4) is 0 Å². The molecule has 3 fully saturated rings. The van der Waals surface area contributed by atoms with Gasteiger partial charge in [-0.3, -0.25) is 9.80 Å². The molecule has 3 aliphatic rings. The highest BCUT2D eigenvalue weighted by atomic mass is 16.5. The first-order chi connectivity index (χ1) is 16.4. The Kier molecular flexibility index (Phi) is 14.8. The predicted octanol–water partition coefficient (Wildman–Crippen LogP) is 1.05. The summed E-state index contributed by atoms with van der Waals surface area (Å²) < 4.78 is 40.2. The fraction of sp³-hybridized carbons (Fsp3) is 1.00. The lowest BCUT2D eigenvalue weighted by molar-refractivity contribution is 0.00226. The van der Waals surface area contributed by atoms with Gasteiger partial charge in [0.25, 0.3) is 0 Å². The molecule has 0 amide bonds. The number of nitrogens with zero attached hydrogens (tertiary/aromatic N) is 2. The van der Waals surface area contributed by atoms with Crippen LogP contribution in [0.1, 0.15) is 25.7 Å². The molecule has 9 nitrogen and oxygen atoms in total. The normalized spacial score (nSPS) is 28.0. The van der Waals surface area contributed by atoms with E-state index in [0.29, 0.717) is 52.9 Å². The van der Waals surface area contributed by atoms with Crippen molar-refractivity contribution >= 4 is 0 Å². The van der Waals surface area contributed by atoms with Gasteiger partial charge in [0, 0.05) is 52.5 Å². The molecule has 3 rings (SSSR count). The summed E-state index contributed by atoms with van der Waals surface area (Å²) in [6.07, 6.45) is 5.09. The molecule has 3 saturated heterocycles. The Morgan fingerprint density at radius 1 is 0.545 bits per heavy atom. The lowest BCUT2D eigenvalue weighted by Gasteiger charge is -2.28. The van der Waals surface area contributed by atoms with E-state index in [1.165, 1.54) is 0 Å². The summed E-state index contributed by atoms with van der Waals surface area (Å²) in [7, 11) is 0. The molecular weight excluding hydrogens is 428 g/mol. The second-order valence-electron chi connectivity index (χ2n) is 8.94. The fourth-order valence-electron chi connectivity index (χ4n) is 4.25. The van der Waals surface area contributed by atoms with Crippen LogP contribution in [-0.4, -0.2) is 141 Å². The molecule has 3 heterocycles. The van der Waals surface area contributed by atoms with E-state index in [1.807, 2.05) is 0 Å². The van der Waals surface area contributed by atoms with Crippen LogP contribution in [0.15, 0.2) is 0 Å². The van der Waals surface area contributed by atoms with E-state index < -0.39 is 0 Å². The highest BCUT2D eigenvalue weighted by Gasteiger charge is 2.17. The van der Waals surface area contributed by atoms with Crippen LogP contribution in [0.25, 0.3) is 0 Å². The highest BCUT2D eigenvalue weighted by Crippen LogP contribution is 2.12. The second-order valence-corrected chi connectivity index (χ2v) is 8.94. The molecule has 3 aliphatic heterocycles. The standard InChI is InChI=1S/C24H46N2O7/c1-3-23(32-11-1)21-30-15-9-25-5-6-26(10-16-31-22-24-4-2-12-33-24)8-14-28-18-20-29-19-17-27-13-7-25/h23-24H,1-22H2. The second kappa shape index (κ2) is 18.0. The average Bonchev–Trinajstić information content (AvgIpc) is 3.53. The first-order valence-corrected chi connectivity index (χ1v) is 13.0. The summed E-state index contributed by atoms with van der Waals surface area (Å²) in [4.78, 5) is 4.86. The van der Waals surface area contributed by atoms with Gasteiger partial charge in [0.15, 0.2) is 0 Å². The average molecular weight is 475 g/mol. The molecule has 0 aromatic heterocycles. The van der Waals surface area contributed by atoms with Crippen LogP contribution >= 0.6 is 0 Å². The molecule has 0 N–H and O–H groups in total. The summed E-state index contributed by atoms with van der Waals surface area (Å²) >= 11 is 0. The van der Waals surface area contributed by atoms with Gasteiger partial charge in [0.05, 0.1) is 78.3 Å². The van der Waals surface area contributed by atoms with E-state index >= 15 is 0 Å². The van der Waals surface area contributed by atoms with Gasteiger partial charge in [-0.15, -0.1) is 0 Å². The predicted molar refractivity (Wildman–Crippen MR) is 125 cm³/mol. The Bertz CT molecular complexity index is 422. The van der Waals surface area contributed by atoms with Crippen LogP contribution in [-0.2, 0) is 33.2 Å². The van der Waals surface area contributed by atoms with Crippen molar-refractivity contribution in [3.05, 3.63) is 0 Å². The molecule has 0 spiro atoms. The Labute approximate surface area is 199 Å². The Balaban J connectivity index is 1.38. The van der Waals surface area contributed by atoms with Gasteiger partial charge in [-0.2, -0.15) is 0 Å². The zero-order valence-corrected chi connectivity index (χ0v) is 20.5. The maximum absolute atomic E-state index is 5.91. The van der Waals surface area contributed by atoms with Crippen molar-refractivity contribution in [2.45, 2.75) is 37.9 Å². The van der Waals surface area contributed by atoms with Gasteiger partial charge in [0.2, 0.25) is 0 Å². The van der Waals surface area contributed by atoms with Crippen molar-refractivity contribution in [1.82, 2.24) is 9.80 Å². The summed E-state index contributed by atoms with van der Waals surface area (Å²) in [5, 5.41) is 0. The van der Waals surface area contributed by atoms with E-state index in [1.54, 1.807) is 0 Å². The van der Waals surface area contributed by atoms with Crippen molar-refractivity contribution in [2.24, 2.45) is 0 Å². The molecular formula is C24H46N2O7.